The number of benzene rings is 1. The van der Waals surface area contributed by atoms with E-state index in [2.05, 4.69) is 52.0 Å². The minimum Gasteiger partial charge on any atom is -0.480 e. The van der Waals surface area contributed by atoms with Crippen LogP contribution in [-0.4, -0.2) is 54.4 Å². The normalized spacial score (nSPS) is 17.6. The van der Waals surface area contributed by atoms with Gasteiger partial charge in [-0.2, -0.15) is 5.26 Å². The zero-order chi connectivity index (χ0) is 19.2. The van der Waals surface area contributed by atoms with Gasteiger partial charge in [0.05, 0.1) is 12.8 Å². The average Bonchev–Trinajstić information content (AvgIpc) is 2.70. The molecule has 1 aliphatic heterocycles. The van der Waals surface area contributed by atoms with Gasteiger partial charge in [0, 0.05) is 45.0 Å². The number of aromatic nitrogens is 1. The maximum atomic E-state index is 9.55. The molecule has 6 heteroatoms. The average molecular weight is 366 g/mol. The highest BCUT2D eigenvalue weighted by Crippen LogP contribution is 2.29. The highest BCUT2D eigenvalue weighted by Gasteiger charge is 2.28. The summed E-state index contributed by atoms with van der Waals surface area (Å²) in [4.78, 5) is 8.76. The second-order valence-electron chi connectivity index (χ2n) is 6.89. The number of pyridine rings is 1. The molecule has 6 nitrogen and oxygen atoms in total. The maximum Gasteiger partial charge on any atom is 0.233 e. The predicted molar refractivity (Wildman–Crippen MR) is 105 cm³/mol. The van der Waals surface area contributed by atoms with Crippen LogP contribution in [0.1, 0.15) is 23.1 Å². The Bertz CT molecular complexity index is 801. The number of hydrogen-bond acceptors (Lipinski definition) is 6. The first-order valence-corrected chi connectivity index (χ1v) is 9.24. The first-order chi connectivity index (χ1) is 13.2. The fourth-order valence-corrected chi connectivity index (χ4v) is 3.63. The summed E-state index contributed by atoms with van der Waals surface area (Å²) in [7, 11) is 1.53. The Hall–Kier alpha value is -2.62. The third kappa shape index (κ3) is 4.38. The first-order valence-electron chi connectivity index (χ1n) is 9.24. The molecular formula is C21H26N4O2. The zero-order valence-electron chi connectivity index (χ0n) is 15.9. The van der Waals surface area contributed by atoms with E-state index in [-0.39, 0.29) is 12.6 Å². The molecule has 1 N–H and O–H groups in total. The second-order valence-corrected chi connectivity index (χ2v) is 6.89. The van der Waals surface area contributed by atoms with E-state index in [1.807, 2.05) is 6.07 Å². The molecule has 0 saturated carbocycles. The fourth-order valence-electron chi connectivity index (χ4n) is 3.63. The molecule has 0 aliphatic carbocycles. The topological polar surface area (TPSA) is 72.6 Å². The second kappa shape index (κ2) is 8.85. The van der Waals surface area contributed by atoms with Crippen molar-refractivity contribution >= 4 is 5.69 Å². The van der Waals surface area contributed by atoms with Crippen LogP contribution in [-0.2, 0) is 6.54 Å². The lowest BCUT2D eigenvalue weighted by molar-refractivity contribution is 0.135. The molecule has 0 amide bonds. The number of ether oxygens (including phenoxy) is 1. The van der Waals surface area contributed by atoms with E-state index in [1.54, 1.807) is 6.20 Å². The summed E-state index contributed by atoms with van der Waals surface area (Å²) in [5, 5.41) is 19.1. The number of aliphatic hydroxyl groups excluding tert-OH is 1. The number of aliphatic hydroxyl groups is 1. The van der Waals surface area contributed by atoms with Crippen LogP contribution in [0.5, 0.6) is 5.88 Å². The van der Waals surface area contributed by atoms with Crippen molar-refractivity contribution in [1.82, 2.24) is 9.88 Å². The Morgan fingerprint density at radius 1 is 1.26 bits per heavy atom. The lowest BCUT2D eigenvalue weighted by Crippen LogP contribution is -2.53. The van der Waals surface area contributed by atoms with Crippen molar-refractivity contribution in [3.05, 3.63) is 53.2 Å². The Labute approximate surface area is 160 Å². The van der Waals surface area contributed by atoms with Crippen molar-refractivity contribution in [2.75, 3.05) is 38.3 Å². The van der Waals surface area contributed by atoms with Crippen molar-refractivity contribution in [2.24, 2.45) is 0 Å². The SMILES string of the molecule is COc1nccc(N2CCN(Cc3ccc(C)cc3)[C@H](CCO)C2)c1C#N. The van der Waals surface area contributed by atoms with E-state index >= 15 is 0 Å². The highest BCUT2D eigenvalue weighted by atomic mass is 16.5. The minimum atomic E-state index is 0.147. The van der Waals surface area contributed by atoms with Gasteiger partial charge in [0.15, 0.2) is 0 Å². The summed E-state index contributed by atoms with van der Waals surface area (Å²) in [5.74, 6) is 0.357. The molecule has 3 rings (SSSR count). The summed E-state index contributed by atoms with van der Waals surface area (Å²) in [6.07, 6.45) is 2.38. The molecule has 1 fully saturated rings. The van der Waals surface area contributed by atoms with Crippen LogP contribution in [0.4, 0.5) is 5.69 Å². The number of piperazine rings is 1. The van der Waals surface area contributed by atoms with Gasteiger partial charge >= 0.3 is 0 Å². The molecule has 0 bridgehead atoms. The van der Waals surface area contributed by atoms with Gasteiger partial charge in [-0.3, -0.25) is 4.90 Å². The van der Waals surface area contributed by atoms with E-state index in [0.717, 1.165) is 31.9 Å². The van der Waals surface area contributed by atoms with Crippen LogP contribution < -0.4 is 9.64 Å². The highest BCUT2D eigenvalue weighted by molar-refractivity contribution is 5.63. The van der Waals surface area contributed by atoms with Crippen molar-refractivity contribution in [1.29, 1.82) is 5.26 Å². The van der Waals surface area contributed by atoms with Crippen LogP contribution in [0.15, 0.2) is 36.5 Å². The number of anilines is 1. The third-order valence-electron chi connectivity index (χ3n) is 5.11. The minimum absolute atomic E-state index is 0.147. The van der Waals surface area contributed by atoms with Gasteiger partial charge in [0.2, 0.25) is 5.88 Å². The standard InChI is InChI=1S/C21H26N4O2/c1-16-3-5-17(6-4-16)14-24-10-11-25(15-18(24)8-12-26)20-7-9-23-21(27-2)19(20)13-22/h3-7,9,18,26H,8,10-12,14-15H2,1-2H3/t18-/m1/s1. The Kier molecular flexibility index (Phi) is 6.28. The summed E-state index contributed by atoms with van der Waals surface area (Å²) in [5.41, 5.74) is 3.85. The maximum absolute atomic E-state index is 9.55. The number of rotatable bonds is 6. The monoisotopic (exact) mass is 366 g/mol. The number of nitrogens with zero attached hydrogens (tertiary/aromatic N) is 4. The van der Waals surface area contributed by atoms with Crippen LogP contribution in [0, 0.1) is 18.3 Å². The van der Waals surface area contributed by atoms with E-state index in [1.165, 1.54) is 18.2 Å². The fraction of sp³-hybridized carbons (Fsp3) is 0.429. The largest absolute Gasteiger partial charge is 0.480 e. The summed E-state index contributed by atoms with van der Waals surface area (Å²) >= 11 is 0. The smallest absolute Gasteiger partial charge is 0.233 e. The summed E-state index contributed by atoms with van der Waals surface area (Å²) in [6.45, 7) is 5.54. The van der Waals surface area contributed by atoms with Gasteiger partial charge in [0.1, 0.15) is 11.6 Å². The molecule has 2 aromatic rings. The van der Waals surface area contributed by atoms with E-state index in [0.29, 0.717) is 17.9 Å². The number of nitriles is 1. The van der Waals surface area contributed by atoms with Gasteiger partial charge in [-0.1, -0.05) is 29.8 Å². The van der Waals surface area contributed by atoms with Gasteiger partial charge < -0.3 is 14.7 Å². The van der Waals surface area contributed by atoms with Crippen LogP contribution in [0.2, 0.25) is 0 Å². The summed E-state index contributed by atoms with van der Waals surface area (Å²) < 4.78 is 5.24. The van der Waals surface area contributed by atoms with Gasteiger partial charge in [-0.15, -0.1) is 0 Å². The molecule has 0 unspecified atom stereocenters. The lowest BCUT2D eigenvalue weighted by Gasteiger charge is -2.42. The van der Waals surface area contributed by atoms with E-state index < -0.39 is 0 Å². The van der Waals surface area contributed by atoms with E-state index in [4.69, 9.17) is 4.74 Å². The number of methoxy groups -OCH3 is 1. The summed E-state index contributed by atoms with van der Waals surface area (Å²) in [6, 6.07) is 12.9. The van der Waals surface area contributed by atoms with Crippen LogP contribution in [0.25, 0.3) is 0 Å². The number of aryl methyl sites for hydroxylation is 1. The Balaban J connectivity index is 1.78. The molecular weight excluding hydrogens is 340 g/mol. The van der Waals surface area contributed by atoms with Crippen molar-refractivity contribution in [3.8, 4) is 11.9 Å². The van der Waals surface area contributed by atoms with Crippen molar-refractivity contribution in [3.63, 3.8) is 0 Å². The first kappa shape index (κ1) is 19.2. The molecule has 1 aromatic carbocycles. The van der Waals surface area contributed by atoms with E-state index in [9.17, 15) is 10.4 Å². The Morgan fingerprint density at radius 2 is 2.04 bits per heavy atom. The molecule has 2 heterocycles. The Morgan fingerprint density at radius 3 is 2.70 bits per heavy atom. The lowest BCUT2D eigenvalue weighted by atomic mass is 10.0. The van der Waals surface area contributed by atoms with Gasteiger partial charge in [0.25, 0.3) is 0 Å². The molecule has 1 saturated heterocycles. The van der Waals surface area contributed by atoms with Crippen LogP contribution >= 0.6 is 0 Å². The number of hydrogen-bond donors (Lipinski definition) is 1. The van der Waals surface area contributed by atoms with Gasteiger partial charge in [-0.25, -0.2) is 4.98 Å². The predicted octanol–water partition coefficient (Wildman–Crippen LogP) is 2.34. The van der Waals surface area contributed by atoms with Gasteiger partial charge in [-0.05, 0) is 25.0 Å². The van der Waals surface area contributed by atoms with Crippen LogP contribution in [0.3, 0.4) is 0 Å². The molecule has 27 heavy (non-hydrogen) atoms. The molecule has 0 radical (unpaired) electrons. The van der Waals surface area contributed by atoms with Crippen molar-refractivity contribution < 1.29 is 9.84 Å². The molecule has 1 aromatic heterocycles. The molecule has 142 valence electrons. The third-order valence-corrected chi connectivity index (χ3v) is 5.11. The zero-order valence-corrected chi connectivity index (χ0v) is 15.9. The molecule has 1 atom stereocenters. The molecule has 0 spiro atoms. The molecule has 1 aliphatic rings. The quantitative estimate of drug-likeness (QED) is 0.846. The van der Waals surface area contributed by atoms with Crippen molar-refractivity contribution in [2.45, 2.75) is 25.9 Å².